The van der Waals surface area contributed by atoms with E-state index in [1.54, 1.807) is 0 Å². The fraction of sp³-hybridized carbons (Fsp3) is 0.917. The van der Waals surface area contributed by atoms with Crippen LogP contribution in [0.4, 0.5) is 0 Å². The molecule has 16 heavy (non-hydrogen) atoms. The third-order valence-corrected chi connectivity index (χ3v) is 3.87. The highest BCUT2D eigenvalue weighted by Gasteiger charge is 2.48. The van der Waals surface area contributed by atoms with Crippen LogP contribution in [0.5, 0.6) is 0 Å². The van der Waals surface area contributed by atoms with Crippen molar-refractivity contribution < 1.29 is 14.3 Å². The van der Waals surface area contributed by atoms with Crippen LogP contribution in [0.15, 0.2) is 0 Å². The zero-order chi connectivity index (χ0) is 11.4. The van der Waals surface area contributed by atoms with Gasteiger partial charge in [0.25, 0.3) is 0 Å². The predicted molar refractivity (Wildman–Crippen MR) is 60.1 cm³/mol. The maximum Gasteiger partial charge on any atom is 0.313 e. The van der Waals surface area contributed by atoms with Crippen LogP contribution < -0.4 is 5.32 Å². The van der Waals surface area contributed by atoms with Crippen molar-refractivity contribution in [3.8, 4) is 0 Å². The molecule has 4 heteroatoms. The molecule has 0 aliphatic carbocycles. The predicted octanol–water partition coefficient (Wildman–Crippen LogP) is 0.956. The van der Waals surface area contributed by atoms with Crippen molar-refractivity contribution in [3.05, 3.63) is 0 Å². The van der Waals surface area contributed by atoms with Gasteiger partial charge in [-0.05, 0) is 38.6 Å². The van der Waals surface area contributed by atoms with Crippen molar-refractivity contribution in [3.63, 3.8) is 0 Å². The minimum Gasteiger partial charge on any atom is -0.466 e. The fourth-order valence-corrected chi connectivity index (χ4v) is 2.93. The molecule has 0 amide bonds. The summed E-state index contributed by atoms with van der Waals surface area (Å²) in [7, 11) is 0. The molecule has 0 bridgehead atoms. The summed E-state index contributed by atoms with van der Waals surface area (Å²) in [6.07, 6.45) is 2.89. The van der Waals surface area contributed by atoms with Crippen LogP contribution in [0.1, 0.15) is 26.2 Å². The molecule has 2 rings (SSSR count). The van der Waals surface area contributed by atoms with E-state index in [-0.39, 0.29) is 11.4 Å². The van der Waals surface area contributed by atoms with E-state index in [1.807, 2.05) is 6.92 Å². The minimum absolute atomic E-state index is 0.00750. The summed E-state index contributed by atoms with van der Waals surface area (Å²) in [5.41, 5.74) is -0.278. The Balaban J connectivity index is 2.10. The van der Waals surface area contributed by atoms with Crippen LogP contribution in [0.3, 0.4) is 0 Å². The van der Waals surface area contributed by atoms with Gasteiger partial charge in [-0.3, -0.25) is 4.79 Å². The lowest BCUT2D eigenvalue weighted by Gasteiger charge is -2.36. The lowest BCUT2D eigenvalue weighted by molar-refractivity contribution is -0.160. The van der Waals surface area contributed by atoms with Gasteiger partial charge < -0.3 is 14.8 Å². The molecule has 1 atom stereocenters. The van der Waals surface area contributed by atoms with Crippen LogP contribution >= 0.6 is 0 Å². The Morgan fingerprint density at radius 1 is 1.50 bits per heavy atom. The molecule has 0 spiro atoms. The Morgan fingerprint density at radius 2 is 2.25 bits per heavy atom. The van der Waals surface area contributed by atoms with Crippen molar-refractivity contribution in [1.29, 1.82) is 0 Å². The molecule has 0 aromatic rings. The standard InChI is InChI=1S/C12H21NO3/c1-2-16-11(14)12(5-6-13-9-12)10-3-7-15-8-4-10/h10,13H,2-9H2,1H3. The van der Waals surface area contributed by atoms with Crippen molar-refractivity contribution in [2.45, 2.75) is 26.2 Å². The van der Waals surface area contributed by atoms with E-state index in [0.29, 0.717) is 12.5 Å². The van der Waals surface area contributed by atoms with E-state index in [4.69, 9.17) is 9.47 Å². The third-order valence-electron chi connectivity index (χ3n) is 3.87. The molecule has 4 nitrogen and oxygen atoms in total. The number of hydrogen-bond acceptors (Lipinski definition) is 4. The van der Waals surface area contributed by atoms with Crippen LogP contribution in [-0.4, -0.2) is 38.9 Å². The summed E-state index contributed by atoms with van der Waals surface area (Å²) in [5.74, 6) is 0.419. The topological polar surface area (TPSA) is 47.6 Å². The van der Waals surface area contributed by atoms with Crippen LogP contribution in [0, 0.1) is 11.3 Å². The first-order chi connectivity index (χ1) is 7.79. The molecule has 1 unspecified atom stereocenters. The zero-order valence-electron chi connectivity index (χ0n) is 9.96. The lowest BCUT2D eigenvalue weighted by atomic mass is 9.71. The molecule has 2 aliphatic heterocycles. The molecule has 0 aromatic carbocycles. The van der Waals surface area contributed by atoms with E-state index in [0.717, 1.165) is 45.6 Å². The highest BCUT2D eigenvalue weighted by molar-refractivity contribution is 5.78. The summed E-state index contributed by atoms with van der Waals surface area (Å²) < 4.78 is 10.6. The summed E-state index contributed by atoms with van der Waals surface area (Å²) in [4.78, 5) is 12.2. The Labute approximate surface area is 96.7 Å². The van der Waals surface area contributed by atoms with Crippen LogP contribution in [0.25, 0.3) is 0 Å². The normalized spacial score (nSPS) is 31.6. The van der Waals surface area contributed by atoms with E-state index >= 15 is 0 Å². The van der Waals surface area contributed by atoms with Gasteiger partial charge in [-0.25, -0.2) is 0 Å². The van der Waals surface area contributed by atoms with Crippen LogP contribution in [-0.2, 0) is 14.3 Å². The Morgan fingerprint density at radius 3 is 2.81 bits per heavy atom. The highest BCUT2D eigenvalue weighted by Crippen LogP contribution is 2.41. The average molecular weight is 227 g/mol. The minimum atomic E-state index is -0.278. The third kappa shape index (κ3) is 2.09. The fourth-order valence-electron chi connectivity index (χ4n) is 2.93. The molecule has 1 N–H and O–H groups in total. The second-order valence-electron chi connectivity index (χ2n) is 4.69. The van der Waals surface area contributed by atoms with Crippen LogP contribution in [0.2, 0.25) is 0 Å². The SMILES string of the molecule is CCOC(=O)C1(C2CCOCC2)CCNC1. The maximum atomic E-state index is 12.2. The Hall–Kier alpha value is -0.610. The van der Waals surface area contributed by atoms with Gasteiger partial charge in [-0.15, -0.1) is 0 Å². The molecule has 0 radical (unpaired) electrons. The number of rotatable bonds is 3. The van der Waals surface area contributed by atoms with E-state index in [2.05, 4.69) is 5.32 Å². The van der Waals surface area contributed by atoms with Gasteiger partial charge in [-0.2, -0.15) is 0 Å². The van der Waals surface area contributed by atoms with Gasteiger partial charge in [0.2, 0.25) is 0 Å². The van der Waals surface area contributed by atoms with Gasteiger partial charge in [0.05, 0.1) is 12.0 Å². The lowest BCUT2D eigenvalue weighted by Crippen LogP contribution is -2.44. The smallest absolute Gasteiger partial charge is 0.313 e. The molecule has 0 saturated carbocycles. The first-order valence-corrected chi connectivity index (χ1v) is 6.25. The second-order valence-corrected chi connectivity index (χ2v) is 4.69. The number of carbonyl (C=O) groups excluding carboxylic acids is 1. The summed E-state index contributed by atoms with van der Waals surface area (Å²) >= 11 is 0. The monoisotopic (exact) mass is 227 g/mol. The van der Waals surface area contributed by atoms with Crippen molar-refractivity contribution >= 4 is 5.97 Å². The number of carbonyl (C=O) groups is 1. The molecule has 2 saturated heterocycles. The summed E-state index contributed by atoms with van der Waals surface area (Å²) in [6.45, 7) is 5.62. The number of esters is 1. The molecular weight excluding hydrogens is 206 g/mol. The van der Waals surface area contributed by atoms with Gasteiger partial charge in [0.1, 0.15) is 0 Å². The molecule has 2 aliphatic rings. The quantitative estimate of drug-likeness (QED) is 0.729. The average Bonchev–Trinajstić information content (AvgIpc) is 2.81. The summed E-state index contributed by atoms with van der Waals surface area (Å²) in [5, 5.41) is 3.31. The van der Waals surface area contributed by atoms with Gasteiger partial charge in [-0.1, -0.05) is 0 Å². The van der Waals surface area contributed by atoms with E-state index in [1.165, 1.54) is 0 Å². The molecular formula is C12H21NO3. The van der Waals surface area contributed by atoms with Gasteiger partial charge in [0, 0.05) is 19.8 Å². The van der Waals surface area contributed by atoms with Gasteiger partial charge >= 0.3 is 5.97 Å². The van der Waals surface area contributed by atoms with E-state index < -0.39 is 0 Å². The highest BCUT2D eigenvalue weighted by atomic mass is 16.5. The largest absolute Gasteiger partial charge is 0.466 e. The number of nitrogens with one attached hydrogen (secondary N) is 1. The molecule has 92 valence electrons. The maximum absolute atomic E-state index is 12.2. The molecule has 2 fully saturated rings. The number of hydrogen-bond donors (Lipinski definition) is 1. The molecule has 0 aromatic heterocycles. The van der Waals surface area contributed by atoms with Crippen molar-refractivity contribution in [2.24, 2.45) is 11.3 Å². The first-order valence-electron chi connectivity index (χ1n) is 6.25. The van der Waals surface area contributed by atoms with Crippen molar-refractivity contribution in [2.75, 3.05) is 32.9 Å². The Bertz CT molecular complexity index is 243. The first kappa shape index (κ1) is 11.9. The summed E-state index contributed by atoms with van der Waals surface area (Å²) in [6, 6.07) is 0. The number of ether oxygens (including phenoxy) is 2. The zero-order valence-corrected chi connectivity index (χ0v) is 9.96. The second kappa shape index (κ2) is 5.15. The van der Waals surface area contributed by atoms with Gasteiger partial charge in [0.15, 0.2) is 0 Å². The van der Waals surface area contributed by atoms with Crippen molar-refractivity contribution in [1.82, 2.24) is 5.32 Å². The van der Waals surface area contributed by atoms with E-state index in [9.17, 15) is 4.79 Å². The Kier molecular flexibility index (Phi) is 3.82. The molecule has 2 heterocycles.